The van der Waals surface area contributed by atoms with Crippen molar-refractivity contribution < 1.29 is 29.6 Å². The Balaban J connectivity index is 0.00000480. The summed E-state index contributed by atoms with van der Waals surface area (Å²) in [6.45, 7) is 8.16. The fraction of sp³-hybridized carbons (Fsp3) is 0.750. The van der Waals surface area contributed by atoms with Crippen molar-refractivity contribution in [2.45, 2.75) is 84.5 Å². The molecule has 0 aromatic rings. The zero-order valence-electron chi connectivity index (χ0n) is 19.7. The van der Waals surface area contributed by atoms with Crippen LogP contribution >= 0.6 is 0 Å². The summed E-state index contributed by atoms with van der Waals surface area (Å²) in [4.78, 5) is 23.2. The third kappa shape index (κ3) is 8.32. The minimum atomic E-state index is -1.07. The van der Waals surface area contributed by atoms with Gasteiger partial charge in [0.1, 0.15) is 6.10 Å². The van der Waals surface area contributed by atoms with Crippen LogP contribution in [0.2, 0.25) is 0 Å². The fourth-order valence-electron chi connectivity index (χ4n) is 4.76. The summed E-state index contributed by atoms with van der Waals surface area (Å²) in [6, 6.07) is 0. The molecule has 6 nitrogen and oxygen atoms in total. The van der Waals surface area contributed by atoms with Crippen molar-refractivity contribution in [3.8, 4) is 0 Å². The Morgan fingerprint density at radius 2 is 1.90 bits per heavy atom. The first-order valence-corrected chi connectivity index (χ1v) is 11.3. The van der Waals surface area contributed by atoms with Crippen LogP contribution in [0.3, 0.4) is 0 Å². The molecule has 0 fully saturated rings. The Kier molecular flexibility index (Phi) is 12.0. The fourth-order valence-corrected chi connectivity index (χ4v) is 4.76. The zero-order chi connectivity index (χ0) is 22.4. The molecule has 0 bridgehead atoms. The Labute approximate surface area is 208 Å². The first kappa shape index (κ1) is 28.4. The molecule has 3 N–H and O–H groups in total. The van der Waals surface area contributed by atoms with Gasteiger partial charge in [-0.15, -0.1) is 0 Å². The van der Waals surface area contributed by atoms with Gasteiger partial charge in [0, 0.05) is 35.5 Å². The molecule has 0 saturated heterocycles. The van der Waals surface area contributed by atoms with E-state index in [4.69, 9.17) is 9.84 Å². The van der Waals surface area contributed by atoms with E-state index in [1.54, 1.807) is 0 Å². The average Bonchev–Trinajstić information content (AvgIpc) is 2.65. The second-order valence-electron chi connectivity index (χ2n) is 9.29. The number of hydrogen-bond acceptors (Lipinski definition) is 5. The van der Waals surface area contributed by atoms with Gasteiger partial charge in [-0.1, -0.05) is 45.9 Å². The molecule has 0 aromatic carbocycles. The number of carbonyl (C=O) groups excluding carboxylic acids is 1. The summed E-state index contributed by atoms with van der Waals surface area (Å²) in [5.74, 6) is -0.406. The minimum Gasteiger partial charge on any atom is -0.481 e. The molecule has 7 heteroatoms. The number of carbonyl (C=O) groups is 2. The molecule has 1 radical (unpaired) electrons. The van der Waals surface area contributed by atoms with Gasteiger partial charge in [0.2, 0.25) is 0 Å². The first-order chi connectivity index (χ1) is 14.1. The molecule has 0 spiro atoms. The molecule has 31 heavy (non-hydrogen) atoms. The number of fused-ring (bicyclic) bond motifs is 1. The number of aliphatic hydroxyl groups excluding tert-OH is 2. The van der Waals surface area contributed by atoms with Gasteiger partial charge in [-0.25, -0.2) is 0 Å². The number of aliphatic carboxylic acids is 1. The number of rotatable bonds is 10. The van der Waals surface area contributed by atoms with Crippen LogP contribution in [0.4, 0.5) is 0 Å². The predicted molar refractivity (Wildman–Crippen MR) is 120 cm³/mol. The van der Waals surface area contributed by atoms with E-state index in [1.165, 1.54) is 5.57 Å². The van der Waals surface area contributed by atoms with Gasteiger partial charge in [-0.2, -0.15) is 0 Å². The van der Waals surface area contributed by atoms with Crippen molar-refractivity contribution in [1.29, 1.82) is 0 Å². The first-order valence-electron chi connectivity index (χ1n) is 11.3. The number of carboxylic acid groups (broad SMARTS) is 1. The summed E-state index contributed by atoms with van der Waals surface area (Å²) in [5.41, 5.74) is 1.21. The van der Waals surface area contributed by atoms with E-state index in [0.717, 1.165) is 19.3 Å². The monoisotopic (exact) mass is 445 g/mol. The molecule has 2 aliphatic carbocycles. The van der Waals surface area contributed by atoms with Crippen LogP contribution in [0.1, 0.15) is 66.2 Å². The molecule has 171 valence electrons. The van der Waals surface area contributed by atoms with E-state index in [0.29, 0.717) is 12.3 Å². The van der Waals surface area contributed by atoms with Crippen LogP contribution in [0.5, 0.6) is 0 Å². The largest absolute Gasteiger partial charge is 0.481 e. The second-order valence-corrected chi connectivity index (χ2v) is 9.29. The van der Waals surface area contributed by atoms with Crippen LogP contribution in [0, 0.1) is 29.6 Å². The van der Waals surface area contributed by atoms with E-state index in [-0.39, 0.29) is 78.1 Å². The number of esters is 1. The van der Waals surface area contributed by atoms with E-state index in [2.05, 4.69) is 32.1 Å². The molecule has 0 heterocycles. The van der Waals surface area contributed by atoms with Gasteiger partial charge in [0.05, 0.1) is 24.5 Å². The number of hydrogen-bond donors (Lipinski definition) is 3. The van der Waals surface area contributed by atoms with Crippen LogP contribution in [-0.2, 0) is 14.3 Å². The van der Waals surface area contributed by atoms with Crippen LogP contribution in [-0.4, -0.2) is 75.1 Å². The maximum Gasteiger partial charge on any atom is 0.308 e. The maximum absolute atomic E-state index is 12.5. The van der Waals surface area contributed by atoms with Gasteiger partial charge in [0.15, 0.2) is 0 Å². The Bertz CT molecular complexity index is 660. The van der Waals surface area contributed by atoms with Crippen molar-refractivity contribution in [3.63, 3.8) is 0 Å². The Morgan fingerprint density at radius 1 is 1.23 bits per heavy atom. The third-order valence-corrected chi connectivity index (χ3v) is 6.67. The van der Waals surface area contributed by atoms with Crippen LogP contribution < -0.4 is 0 Å². The van der Waals surface area contributed by atoms with Crippen molar-refractivity contribution in [2.24, 2.45) is 29.6 Å². The standard InChI is InChI=1S/C24H38O6.Na/c1-5-15(3)24(29)30-21-11-14(2)10-17-7-6-16(4)20(23(17)21)9-8-18(25)12-19(26)13-22(27)28;/h6-7,10,14-16,18-21,23,25-26H,5,8-9,11-13H2,1-4H3,(H,27,28);/t14-,15+,16-,18+,19+,20-,21-,23-;/m0./s1. The summed E-state index contributed by atoms with van der Waals surface area (Å²) < 4.78 is 6.00. The van der Waals surface area contributed by atoms with Crippen LogP contribution in [0.15, 0.2) is 23.8 Å². The third-order valence-electron chi connectivity index (χ3n) is 6.67. The summed E-state index contributed by atoms with van der Waals surface area (Å²) in [7, 11) is 0. The van der Waals surface area contributed by atoms with Gasteiger partial charge in [0.25, 0.3) is 0 Å². The molecule has 2 rings (SSSR count). The predicted octanol–water partition coefficient (Wildman–Crippen LogP) is 3.33. The Morgan fingerprint density at radius 3 is 2.52 bits per heavy atom. The van der Waals surface area contributed by atoms with E-state index >= 15 is 0 Å². The number of aliphatic hydroxyl groups is 2. The zero-order valence-corrected chi connectivity index (χ0v) is 21.7. The molecule has 0 aliphatic heterocycles. The SMILES string of the molecule is CC[C@@H](C)C(=O)O[C@H]1C[C@@H](C)C=C2C=C[C@H](C)[C@H](CC[C@@H](O)C[C@@H](O)CC(=O)O)[C@H]21.[Na]. The maximum atomic E-state index is 12.5. The molecule has 2 aliphatic rings. The quantitative estimate of drug-likeness (QED) is 0.352. The molecule has 8 atom stereocenters. The van der Waals surface area contributed by atoms with Crippen molar-refractivity contribution >= 4 is 41.5 Å². The van der Waals surface area contributed by atoms with Gasteiger partial charge >= 0.3 is 11.9 Å². The van der Waals surface area contributed by atoms with Gasteiger partial charge < -0.3 is 20.1 Å². The number of allylic oxidation sites excluding steroid dienone is 3. The minimum absolute atomic E-state index is 0. The topological polar surface area (TPSA) is 104 Å². The summed E-state index contributed by atoms with van der Waals surface area (Å²) in [5, 5.41) is 28.9. The van der Waals surface area contributed by atoms with Crippen molar-refractivity contribution in [1.82, 2.24) is 0 Å². The van der Waals surface area contributed by atoms with Crippen molar-refractivity contribution in [3.05, 3.63) is 23.8 Å². The van der Waals surface area contributed by atoms with E-state index < -0.39 is 18.2 Å². The summed E-state index contributed by atoms with van der Waals surface area (Å²) >= 11 is 0. The second kappa shape index (κ2) is 13.1. The van der Waals surface area contributed by atoms with Gasteiger partial charge in [-0.05, 0) is 55.4 Å². The Hall–Kier alpha value is -0.660. The molecule has 0 saturated carbocycles. The smallest absolute Gasteiger partial charge is 0.308 e. The van der Waals surface area contributed by atoms with Gasteiger partial charge in [-0.3, -0.25) is 9.59 Å². The number of carboxylic acids is 1. The molecule has 0 amide bonds. The molecular formula is C24H38NaO6. The van der Waals surface area contributed by atoms with E-state index in [9.17, 15) is 19.8 Å². The number of ether oxygens (including phenoxy) is 1. The summed E-state index contributed by atoms with van der Waals surface area (Å²) in [6.07, 6.45) is 7.07. The van der Waals surface area contributed by atoms with Crippen molar-refractivity contribution in [2.75, 3.05) is 0 Å². The van der Waals surface area contributed by atoms with Crippen LogP contribution in [0.25, 0.3) is 0 Å². The normalized spacial score (nSPS) is 30.3. The molecular weight excluding hydrogens is 407 g/mol. The molecule has 0 unspecified atom stereocenters. The average molecular weight is 446 g/mol. The van der Waals surface area contributed by atoms with E-state index in [1.807, 2.05) is 13.8 Å². The molecule has 0 aromatic heterocycles.